The molecule has 5 heteroatoms. The van der Waals surface area contributed by atoms with Gasteiger partial charge in [-0.05, 0) is 27.6 Å². The fourth-order valence-electron chi connectivity index (χ4n) is 3.18. The van der Waals surface area contributed by atoms with E-state index in [4.69, 9.17) is 5.26 Å². The zero-order valence-electron chi connectivity index (χ0n) is 14.3. The second-order valence-corrected chi connectivity index (χ2v) is 6.32. The summed E-state index contributed by atoms with van der Waals surface area (Å²) in [7, 11) is 0. The topological polar surface area (TPSA) is 90.2 Å². The number of carbonyl (C=O) groups excluding carboxylic acids is 1. The first-order valence-electron chi connectivity index (χ1n) is 8.34. The van der Waals surface area contributed by atoms with Gasteiger partial charge in [0.15, 0.2) is 0 Å². The van der Waals surface area contributed by atoms with E-state index in [-0.39, 0.29) is 6.42 Å². The maximum atomic E-state index is 13.0. The van der Waals surface area contributed by atoms with Crippen LogP contribution >= 0.6 is 0 Å². The third kappa shape index (κ3) is 3.22. The van der Waals surface area contributed by atoms with Crippen LogP contribution in [-0.2, 0) is 4.79 Å². The molecule has 26 heavy (non-hydrogen) atoms. The van der Waals surface area contributed by atoms with Crippen molar-refractivity contribution in [3.8, 4) is 6.07 Å². The summed E-state index contributed by atoms with van der Waals surface area (Å²) in [5.74, 6) is -2.09. The zero-order valence-corrected chi connectivity index (χ0v) is 14.3. The predicted molar refractivity (Wildman–Crippen MR) is 99.7 cm³/mol. The minimum absolute atomic E-state index is 0.0491. The number of nitrogens with one attached hydrogen (secondary N) is 1. The second-order valence-electron chi connectivity index (χ2n) is 6.32. The molecule has 5 nitrogen and oxygen atoms in total. The molecule has 0 aliphatic heterocycles. The zero-order chi connectivity index (χ0) is 18.7. The Balaban J connectivity index is 2.12. The van der Waals surface area contributed by atoms with Crippen molar-refractivity contribution in [3.63, 3.8) is 0 Å². The molecule has 0 fully saturated rings. The lowest BCUT2D eigenvalue weighted by molar-refractivity contribution is -0.140. The minimum Gasteiger partial charge on any atom is -0.480 e. The summed E-state index contributed by atoms with van der Waals surface area (Å²) < 4.78 is 0. The lowest BCUT2D eigenvalue weighted by Crippen LogP contribution is -2.45. The largest absolute Gasteiger partial charge is 0.480 e. The number of hydrogen-bond acceptors (Lipinski definition) is 3. The highest BCUT2D eigenvalue weighted by Gasteiger charge is 2.28. The summed E-state index contributed by atoms with van der Waals surface area (Å²) in [4.78, 5) is 24.6. The summed E-state index contributed by atoms with van der Waals surface area (Å²) >= 11 is 0. The number of rotatable bonds is 5. The van der Waals surface area contributed by atoms with E-state index in [0.717, 1.165) is 21.5 Å². The van der Waals surface area contributed by atoms with E-state index in [1.807, 2.05) is 60.7 Å². The summed E-state index contributed by atoms with van der Waals surface area (Å²) in [5.41, 5.74) is 0.453. The molecule has 0 bridgehead atoms. The number of nitriles is 1. The van der Waals surface area contributed by atoms with Crippen molar-refractivity contribution in [1.29, 1.82) is 5.26 Å². The van der Waals surface area contributed by atoms with E-state index in [2.05, 4.69) is 5.32 Å². The Hall–Kier alpha value is -3.39. The third-order valence-corrected chi connectivity index (χ3v) is 4.53. The number of benzene rings is 3. The highest BCUT2D eigenvalue weighted by Crippen LogP contribution is 2.28. The van der Waals surface area contributed by atoms with Crippen LogP contribution in [0.1, 0.15) is 23.7 Å². The van der Waals surface area contributed by atoms with Gasteiger partial charge in [-0.15, -0.1) is 0 Å². The van der Waals surface area contributed by atoms with Crippen molar-refractivity contribution in [2.45, 2.75) is 19.4 Å². The molecule has 0 heterocycles. The van der Waals surface area contributed by atoms with Gasteiger partial charge in [-0.25, -0.2) is 4.79 Å². The number of carbonyl (C=O) groups is 2. The Morgan fingerprint density at radius 1 is 1.08 bits per heavy atom. The van der Waals surface area contributed by atoms with Crippen LogP contribution in [0.3, 0.4) is 0 Å². The van der Waals surface area contributed by atoms with E-state index >= 15 is 0 Å². The number of amides is 1. The monoisotopic (exact) mass is 346 g/mol. The average molecular weight is 346 g/mol. The molecule has 0 radical (unpaired) electrons. The van der Waals surface area contributed by atoms with Crippen molar-refractivity contribution in [2.24, 2.45) is 5.92 Å². The van der Waals surface area contributed by atoms with Gasteiger partial charge < -0.3 is 10.4 Å². The first kappa shape index (κ1) is 17.4. The molecule has 0 aromatic heterocycles. The van der Waals surface area contributed by atoms with E-state index in [1.165, 1.54) is 0 Å². The Kier molecular flexibility index (Phi) is 4.85. The van der Waals surface area contributed by atoms with Gasteiger partial charge in [0.25, 0.3) is 5.91 Å². The number of nitrogens with zero attached hydrogens (tertiary/aromatic N) is 1. The maximum absolute atomic E-state index is 13.0. The molecule has 3 rings (SSSR count). The van der Waals surface area contributed by atoms with Gasteiger partial charge in [0.2, 0.25) is 0 Å². The SMILES string of the molecule is C[C@H](CC#N)[C@H](NC(=O)c1c2ccccc2cc2ccccc12)C(=O)O. The first-order valence-corrected chi connectivity index (χ1v) is 8.34. The van der Waals surface area contributed by atoms with Crippen LogP contribution in [-0.4, -0.2) is 23.0 Å². The van der Waals surface area contributed by atoms with Crippen molar-refractivity contribution >= 4 is 33.4 Å². The van der Waals surface area contributed by atoms with Crippen molar-refractivity contribution in [3.05, 3.63) is 60.2 Å². The van der Waals surface area contributed by atoms with Gasteiger partial charge in [0.1, 0.15) is 6.04 Å². The molecule has 0 saturated carbocycles. The molecule has 1 amide bonds. The lowest BCUT2D eigenvalue weighted by atomic mass is 9.94. The third-order valence-electron chi connectivity index (χ3n) is 4.53. The number of aliphatic carboxylic acids is 1. The normalized spacial score (nSPS) is 13.1. The van der Waals surface area contributed by atoms with Gasteiger partial charge in [0, 0.05) is 12.3 Å². The summed E-state index contributed by atoms with van der Waals surface area (Å²) in [5, 5.41) is 24.3. The van der Waals surface area contributed by atoms with Crippen LogP contribution in [0.25, 0.3) is 21.5 Å². The van der Waals surface area contributed by atoms with Gasteiger partial charge in [-0.2, -0.15) is 5.26 Å². The Bertz CT molecular complexity index is 982. The number of carboxylic acids is 1. The van der Waals surface area contributed by atoms with Crippen molar-refractivity contribution in [2.75, 3.05) is 0 Å². The molecule has 130 valence electrons. The predicted octanol–water partition coefficient (Wildman–Crippen LogP) is 3.73. The Morgan fingerprint density at radius 2 is 1.62 bits per heavy atom. The molecule has 3 aromatic rings. The minimum atomic E-state index is -1.15. The number of fused-ring (bicyclic) bond motifs is 2. The smallest absolute Gasteiger partial charge is 0.326 e. The molecule has 3 aromatic carbocycles. The standard InChI is InChI=1S/C21H18N2O3/c1-13(10-11-22)19(21(25)26)23-20(24)18-16-8-4-2-6-14(16)12-15-7-3-5-9-17(15)18/h2-9,12-13,19H,10H2,1H3,(H,23,24)(H,25,26)/t13-,19+/m1/s1. The quantitative estimate of drug-likeness (QED) is 0.689. The van der Waals surface area contributed by atoms with Crippen LogP contribution in [0, 0.1) is 17.2 Å². The fourth-order valence-corrected chi connectivity index (χ4v) is 3.18. The summed E-state index contributed by atoms with van der Waals surface area (Å²) in [6, 6.07) is 17.9. The molecule has 0 aliphatic carbocycles. The van der Waals surface area contributed by atoms with Crippen LogP contribution in [0.4, 0.5) is 0 Å². The first-order chi connectivity index (χ1) is 12.5. The average Bonchev–Trinajstić information content (AvgIpc) is 2.63. The molecule has 0 unspecified atom stereocenters. The number of hydrogen-bond donors (Lipinski definition) is 2. The Labute approximate surface area is 150 Å². The summed E-state index contributed by atoms with van der Waals surface area (Å²) in [6.07, 6.45) is 0.0491. The van der Waals surface area contributed by atoms with E-state index in [0.29, 0.717) is 5.56 Å². The Morgan fingerprint density at radius 3 is 2.12 bits per heavy atom. The van der Waals surface area contributed by atoms with Gasteiger partial charge in [-0.1, -0.05) is 55.5 Å². The van der Waals surface area contributed by atoms with Crippen LogP contribution in [0.5, 0.6) is 0 Å². The highest BCUT2D eigenvalue weighted by molar-refractivity contribution is 6.18. The lowest BCUT2D eigenvalue weighted by Gasteiger charge is -2.20. The number of carboxylic acid groups (broad SMARTS) is 1. The summed E-state index contributed by atoms with van der Waals surface area (Å²) in [6.45, 7) is 1.64. The van der Waals surface area contributed by atoms with Crippen LogP contribution < -0.4 is 5.32 Å². The molecular formula is C21H18N2O3. The molecule has 2 atom stereocenters. The van der Waals surface area contributed by atoms with E-state index in [1.54, 1.807) is 6.92 Å². The van der Waals surface area contributed by atoms with Gasteiger partial charge in [-0.3, -0.25) is 4.79 Å². The molecule has 0 aliphatic rings. The van der Waals surface area contributed by atoms with Crippen molar-refractivity contribution < 1.29 is 14.7 Å². The van der Waals surface area contributed by atoms with Gasteiger partial charge >= 0.3 is 5.97 Å². The fraction of sp³-hybridized carbons (Fsp3) is 0.190. The van der Waals surface area contributed by atoms with Crippen molar-refractivity contribution in [1.82, 2.24) is 5.32 Å². The molecule has 0 spiro atoms. The molecule has 0 saturated heterocycles. The molecule has 2 N–H and O–H groups in total. The van der Waals surface area contributed by atoms with E-state index < -0.39 is 23.8 Å². The van der Waals surface area contributed by atoms with Gasteiger partial charge in [0.05, 0.1) is 11.6 Å². The van der Waals surface area contributed by atoms with E-state index in [9.17, 15) is 14.7 Å². The second kappa shape index (κ2) is 7.24. The van der Waals surface area contributed by atoms with Crippen LogP contribution in [0.2, 0.25) is 0 Å². The molecular weight excluding hydrogens is 328 g/mol. The highest BCUT2D eigenvalue weighted by atomic mass is 16.4. The van der Waals surface area contributed by atoms with Crippen LogP contribution in [0.15, 0.2) is 54.6 Å². The maximum Gasteiger partial charge on any atom is 0.326 e.